The van der Waals surface area contributed by atoms with E-state index in [1.807, 2.05) is 0 Å². The summed E-state index contributed by atoms with van der Waals surface area (Å²) in [5, 5.41) is 7.60. The SMILES string of the molecule is C=CC(=O)O.C=CCC(=O)OC=C. The molecule has 0 aromatic heterocycles. The summed E-state index contributed by atoms with van der Waals surface area (Å²) in [4.78, 5) is 19.5. The number of esters is 1. The van der Waals surface area contributed by atoms with E-state index in [0.29, 0.717) is 0 Å². The molecule has 0 fully saturated rings. The lowest BCUT2D eigenvalue weighted by atomic mass is 10.4. The predicted octanol–water partition coefficient (Wildman–Crippen LogP) is 1.51. The number of hydrogen-bond acceptors (Lipinski definition) is 3. The van der Waals surface area contributed by atoms with Crippen LogP contribution < -0.4 is 0 Å². The van der Waals surface area contributed by atoms with Gasteiger partial charge < -0.3 is 9.84 Å². The van der Waals surface area contributed by atoms with E-state index in [9.17, 15) is 9.59 Å². The fourth-order valence-corrected chi connectivity index (χ4v) is 0.259. The van der Waals surface area contributed by atoms with Crippen molar-refractivity contribution in [1.82, 2.24) is 0 Å². The molecule has 1 N–H and O–H groups in total. The fourth-order valence-electron chi connectivity index (χ4n) is 0.259. The monoisotopic (exact) mass is 184 g/mol. The number of aliphatic carboxylic acids is 1. The normalized spacial score (nSPS) is 7.08. The molecule has 0 aromatic rings. The number of carboxylic acids is 1. The third-order valence-electron chi connectivity index (χ3n) is 0.700. The van der Waals surface area contributed by atoms with Crippen LogP contribution in [0.3, 0.4) is 0 Å². The fraction of sp³-hybridized carbons (Fsp3) is 0.111. The van der Waals surface area contributed by atoms with Crippen molar-refractivity contribution >= 4 is 11.9 Å². The van der Waals surface area contributed by atoms with E-state index in [-0.39, 0.29) is 12.4 Å². The predicted molar refractivity (Wildman–Crippen MR) is 48.9 cm³/mol. The second-order valence-electron chi connectivity index (χ2n) is 1.69. The topological polar surface area (TPSA) is 63.6 Å². The molecule has 0 radical (unpaired) electrons. The highest BCUT2D eigenvalue weighted by atomic mass is 16.5. The van der Waals surface area contributed by atoms with Crippen LogP contribution in [0.1, 0.15) is 6.42 Å². The number of carboxylic acid groups (broad SMARTS) is 1. The first-order valence-corrected chi connectivity index (χ1v) is 3.35. The summed E-state index contributed by atoms with van der Waals surface area (Å²) in [6, 6.07) is 0. The van der Waals surface area contributed by atoms with Crippen LogP contribution in [-0.4, -0.2) is 17.0 Å². The Labute approximate surface area is 76.8 Å². The summed E-state index contributed by atoms with van der Waals surface area (Å²) in [6.07, 6.45) is 3.66. The molecule has 0 aliphatic rings. The van der Waals surface area contributed by atoms with E-state index in [0.717, 1.165) is 12.3 Å². The molecule has 0 spiro atoms. The van der Waals surface area contributed by atoms with Gasteiger partial charge in [0.2, 0.25) is 0 Å². The zero-order chi connectivity index (χ0) is 10.7. The van der Waals surface area contributed by atoms with Crippen LogP contribution in [0.15, 0.2) is 38.2 Å². The van der Waals surface area contributed by atoms with E-state index in [1.165, 1.54) is 6.08 Å². The molecule has 0 saturated heterocycles. The molecule has 0 rings (SSSR count). The average molecular weight is 184 g/mol. The molecule has 0 aliphatic carbocycles. The van der Waals surface area contributed by atoms with Gasteiger partial charge in [-0.2, -0.15) is 0 Å². The molecular formula is C9H12O4. The summed E-state index contributed by atoms with van der Waals surface area (Å²) >= 11 is 0. The van der Waals surface area contributed by atoms with Gasteiger partial charge in [0.15, 0.2) is 0 Å². The van der Waals surface area contributed by atoms with Gasteiger partial charge in [-0.15, -0.1) is 6.58 Å². The molecule has 4 heteroatoms. The maximum atomic E-state index is 10.3. The summed E-state index contributed by atoms with van der Waals surface area (Å²) in [7, 11) is 0. The van der Waals surface area contributed by atoms with Gasteiger partial charge >= 0.3 is 11.9 Å². The van der Waals surface area contributed by atoms with Crippen LogP contribution in [0, 0.1) is 0 Å². The Hall–Kier alpha value is -1.84. The average Bonchev–Trinajstić information content (AvgIpc) is 2.06. The van der Waals surface area contributed by atoms with Crippen molar-refractivity contribution in [3.05, 3.63) is 38.2 Å². The first-order valence-electron chi connectivity index (χ1n) is 3.35. The molecule has 0 aliphatic heterocycles. The van der Waals surface area contributed by atoms with Crippen molar-refractivity contribution in [3.63, 3.8) is 0 Å². The van der Waals surface area contributed by atoms with E-state index in [4.69, 9.17) is 5.11 Å². The van der Waals surface area contributed by atoms with Crippen molar-refractivity contribution in [2.75, 3.05) is 0 Å². The summed E-state index contributed by atoms with van der Waals surface area (Å²) in [5.41, 5.74) is 0. The van der Waals surface area contributed by atoms with Gasteiger partial charge in [-0.25, -0.2) is 4.79 Å². The van der Waals surface area contributed by atoms with Crippen molar-refractivity contribution in [2.45, 2.75) is 6.42 Å². The van der Waals surface area contributed by atoms with Gasteiger partial charge in [-0.1, -0.05) is 19.2 Å². The highest BCUT2D eigenvalue weighted by molar-refractivity contribution is 5.78. The van der Waals surface area contributed by atoms with Gasteiger partial charge in [0.25, 0.3) is 0 Å². The first-order chi connectivity index (χ1) is 6.08. The van der Waals surface area contributed by atoms with Gasteiger partial charge in [0.05, 0.1) is 12.7 Å². The number of carbonyl (C=O) groups excluding carboxylic acids is 1. The van der Waals surface area contributed by atoms with Crippen LogP contribution >= 0.6 is 0 Å². The Morgan fingerprint density at radius 2 is 1.77 bits per heavy atom. The zero-order valence-corrected chi connectivity index (χ0v) is 7.23. The zero-order valence-electron chi connectivity index (χ0n) is 7.23. The third kappa shape index (κ3) is 17.8. The van der Waals surface area contributed by atoms with Crippen LogP contribution in [0.5, 0.6) is 0 Å². The Morgan fingerprint density at radius 1 is 1.31 bits per heavy atom. The van der Waals surface area contributed by atoms with E-state index in [2.05, 4.69) is 24.5 Å². The lowest BCUT2D eigenvalue weighted by Gasteiger charge is -1.89. The minimum absolute atomic E-state index is 0.242. The van der Waals surface area contributed by atoms with Crippen LogP contribution in [0.2, 0.25) is 0 Å². The molecule has 0 aromatic carbocycles. The van der Waals surface area contributed by atoms with Crippen molar-refractivity contribution in [1.29, 1.82) is 0 Å². The van der Waals surface area contributed by atoms with Crippen molar-refractivity contribution in [2.24, 2.45) is 0 Å². The van der Waals surface area contributed by atoms with Crippen molar-refractivity contribution < 1.29 is 19.4 Å². The maximum Gasteiger partial charge on any atom is 0.327 e. The van der Waals surface area contributed by atoms with Crippen LogP contribution in [-0.2, 0) is 14.3 Å². The largest absolute Gasteiger partial charge is 0.478 e. The molecule has 0 amide bonds. The first kappa shape index (κ1) is 13.7. The lowest BCUT2D eigenvalue weighted by Crippen LogP contribution is -1.95. The maximum absolute atomic E-state index is 10.3. The van der Waals surface area contributed by atoms with Crippen molar-refractivity contribution in [3.8, 4) is 0 Å². The summed E-state index contributed by atoms with van der Waals surface area (Å²) < 4.78 is 4.34. The summed E-state index contributed by atoms with van der Waals surface area (Å²) in [6.45, 7) is 9.51. The van der Waals surface area contributed by atoms with E-state index >= 15 is 0 Å². The standard InChI is InChI=1S/C6H8O2.C3H4O2/c1-3-5-6(7)8-4-2;1-2-3(4)5/h3-4H,1-2,5H2;2H,1H2,(H,4,5). The second kappa shape index (κ2) is 10.2. The highest BCUT2D eigenvalue weighted by Gasteiger charge is 1.92. The Kier molecular flexibility index (Phi) is 10.7. The molecule has 4 nitrogen and oxygen atoms in total. The van der Waals surface area contributed by atoms with Gasteiger partial charge in [0.1, 0.15) is 0 Å². The quantitative estimate of drug-likeness (QED) is 0.311. The lowest BCUT2D eigenvalue weighted by molar-refractivity contribution is -0.137. The Balaban J connectivity index is 0. The third-order valence-corrected chi connectivity index (χ3v) is 0.700. The number of hydrogen-bond donors (Lipinski definition) is 1. The highest BCUT2D eigenvalue weighted by Crippen LogP contribution is 1.84. The molecule has 0 heterocycles. The molecular weight excluding hydrogens is 172 g/mol. The van der Waals surface area contributed by atoms with Gasteiger partial charge in [0, 0.05) is 6.08 Å². The van der Waals surface area contributed by atoms with Crippen LogP contribution in [0.4, 0.5) is 0 Å². The molecule has 0 atom stereocenters. The smallest absolute Gasteiger partial charge is 0.327 e. The minimum Gasteiger partial charge on any atom is -0.478 e. The van der Waals surface area contributed by atoms with Crippen LogP contribution in [0.25, 0.3) is 0 Å². The number of rotatable bonds is 4. The molecule has 13 heavy (non-hydrogen) atoms. The number of carbonyl (C=O) groups is 2. The van der Waals surface area contributed by atoms with E-state index < -0.39 is 5.97 Å². The molecule has 0 unspecified atom stereocenters. The minimum atomic E-state index is -0.981. The van der Waals surface area contributed by atoms with Gasteiger partial charge in [-0.3, -0.25) is 4.79 Å². The molecule has 0 bridgehead atoms. The Morgan fingerprint density at radius 3 is 2.00 bits per heavy atom. The van der Waals surface area contributed by atoms with E-state index in [1.54, 1.807) is 0 Å². The molecule has 72 valence electrons. The molecule has 0 saturated carbocycles. The van der Waals surface area contributed by atoms with Gasteiger partial charge in [-0.05, 0) is 0 Å². The Bertz CT molecular complexity index is 194. The second-order valence-corrected chi connectivity index (χ2v) is 1.69. The summed E-state index contributed by atoms with van der Waals surface area (Å²) in [5.74, 6) is -1.31. The number of ether oxygens (including phenoxy) is 1.